The van der Waals surface area contributed by atoms with E-state index in [0.717, 1.165) is 16.0 Å². The lowest BCUT2D eigenvalue weighted by Gasteiger charge is -2.33. The number of nitrogens with one attached hydrogen (secondary N) is 2. The average Bonchev–Trinajstić information content (AvgIpc) is 2.89. The zero-order valence-electron chi connectivity index (χ0n) is 15.7. The van der Waals surface area contributed by atoms with Crippen LogP contribution >= 0.6 is 11.3 Å². The molecule has 142 valence electrons. The second kappa shape index (κ2) is 6.70. The van der Waals surface area contributed by atoms with Crippen LogP contribution in [0, 0.1) is 20.8 Å². The minimum atomic E-state index is -1.78. The third kappa shape index (κ3) is 3.16. The molecule has 7 nitrogen and oxygen atoms in total. The standard InChI is InChI=1S/C19H20N2O5S/c1-9-6-7-13-12(8-9)20-17(23)19(4,26-13)18(24)21-15-14(16(22)25-5)10(2)11(3)27-15/h6-8H,1-5H3,(H,20,23)(H,21,24). The van der Waals surface area contributed by atoms with Crippen LogP contribution in [0.1, 0.15) is 33.3 Å². The fourth-order valence-electron chi connectivity index (χ4n) is 2.77. The Hall–Kier alpha value is -2.87. The van der Waals surface area contributed by atoms with Crippen molar-refractivity contribution in [1.82, 2.24) is 0 Å². The summed E-state index contributed by atoms with van der Waals surface area (Å²) >= 11 is 1.24. The molecule has 0 spiro atoms. The van der Waals surface area contributed by atoms with Crippen LogP contribution in [0.3, 0.4) is 0 Å². The number of hydrogen-bond acceptors (Lipinski definition) is 6. The number of aryl methyl sites for hydroxylation is 2. The lowest BCUT2D eigenvalue weighted by atomic mass is 10.0. The van der Waals surface area contributed by atoms with Crippen molar-refractivity contribution >= 4 is 39.8 Å². The maximum atomic E-state index is 12.9. The van der Waals surface area contributed by atoms with Gasteiger partial charge in [0.1, 0.15) is 10.8 Å². The SMILES string of the molecule is COC(=O)c1c(NC(=O)C2(C)Oc3ccc(C)cc3NC2=O)sc(C)c1C. The van der Waals surface area contributed by atoms with Gasteiger partial charge in [-0.25, -0.2) is 4.79 Å². The summed E-state index contributed by atoms with van der Waals surface area (Å²) in [6.07, 6.45) is 0. The number of ether oxygens (including phenoxy) is 2. The molecule has 1 aliphatic rings. The maximum absolute atomic E-state index is 12.9. The highest BCUT2D eigenvalue weighted by Gasteiger charge is 2.47. The van der Waals surface area contributed by atoms with E-state index in [0.29, 0.717) is 16.4 Å². The van der Waals surface area contributed by atoms with Crippen molar-refractivity contribution < 1.29 is 23.9 Å². The zero-order valence-corrected chi connectivity index (χ0v) is 16.5. The summed E-state index contributed by atoms with van der Waals surface area (Å²) < 4.78 is 10.6. The van der Waals surface area contributed by atoms with Gasteiger partial charge in [-0.15, -0.1) is 11.3 Å². The van der Waals surface area contributed by atoms with Crippen LogP contribution in [0.25, 0.3) is 0 Å². The number of thiophene rings is 1. The van der Waals surface area contributed by atoms with Crippen molar-refractivity contribution in [2.75, 3.05) is 17.7 Å². The molecule has 2 heterocycles. The van der Waals surface area contributed by atoms with Crippen LogP contribution < -0.4 is 15.4 Å². The summed E-state index contributed by atoms with van der Waals surface area (Å²) in [6, 6.07) is 5.30. The average molecular weight is 388 g/mol. The van der Waals surface area contributed by atoms with E-state index in [1.54, 1.807) is 19.1 Å². The molecule has 8 heteroatoms. The maximum Gasteiger partial charge on any atom is 0.341 e. The summed E-state index contributed by atoms with van der Waals surface area (Å²) in [7, 11) is 1.28. The van der Waals surface area contributed by atoms with E-state index < -0.39 is 23.4 Å². The lowest BCUT2D eigenvalue weighted by Crippen LogP contribution is -2.56. The molecule has 0 radical (unpaired) electrons. The van der Waals surface area contributed by atoms with Gasteiger partial charge in [0, 0.05) is 4.88 Å². The molecule has 0 aliphatic carbocycles. The number of methoxy groups -OCH3 is 1. The number of anilines is 2. The fraction of sp³-hybridized carbons (Fsp3) is 0.316. The predicted octanol–water partition coefficient (Wildman–Crippen LogP) is 3.19. The molecule has 1 aromatic carbocycles. The third-order valence-electron chi connectivity index (χ3n) is 4.57. The van der Waals surface area contributed by atoms with Gasteiger partial charge >= 0.3 is 5.97 Å². The first kappa shape index (κ1) is 18.9. The molecule has 0 saturated carbocycles. The molecule has 2 amide bonds. The molecule has 1 unspecified atom stereocenters. The smallest absolute Gasteiger partial charge is 0.341 e. The molecule has 0 fully saturated rings. The van der Waals surface area contributed by atoms with Gasteiger partial charge in [-0.3, -0.25) is 9.59 Å². The summed E-state index contributed by atoms with van der Waals surface area (Å²) in [5.41, 5.74) is 0.703. The van der Waals surface area contributed by atoms with Crippen LogP contribution in [-0.4, -0.2) is 30.5 Å². The van der Waals surface area contributed by atoms with E-state index in [1.807, 2.05) is 19.9 Å². The molecule has 3 rings (SSSR count). The normalized spacial score (nSPS) is 18.2. The van der Waals surface area contributed by atoms with Crippen LogP contribution in [0.2, 0.25) is 0 Å². The Balaban J connectivity index is 1.93. The van der Waals surface area contributed by atoms with Gasteiger partial charge in [0.2, 0.25) is 0 Å². The van der Waals surface area contributed by atoms with Gasteiger partial charge in [0.25, 0.3) is 17.4 Å². The molecule has 27 heavy (non-hydrogen) atoms. The molecule has 2 aromatic rings. The molecule has 1 aliphatic heterocycles. The highest BCUT2D eigenvalue weighted by atomic mass is 32.1. The highest BCUT2D eigenvalue weighted by Crippen LogP contribution is 2.37. The van der Waals surface area contributed by atoms with Crippen molar-refractivity contribution in [3.05, 3.63) is 39.8 Å². The molecular formula is C19H20N2O5S. The summed E-state index contributed by atoms with van der Waals surface area (Å²) in [6.45, 7) is 6.90. The number of benzene rings is 1. The van der Waals surface area contributed by atoms with E-state index in [-0.39, 0.29) is 5.56 Å². The summed E-state index contributed by atoms with van der Waals surface area (Å²) in [5, 5.41) is 5.70. The van der Waals surface area contributed by atoms with Crippen molar-refractivity contribution in [3.8, 4) is 5.75 Å². The molecule has 1 atom stereocenters. The second-order valence-corrected chi connectivity index (χ2v) is 7.75. The van der Waals surface area contributed by atoms with Crippen LogP contribution in [-0.2, 0) is 14.3 Å². The van der Waals surface area contributed by atoms with E-state index in [9.17, 15) is 14.4 Å². The minimum absolute atomic E-state index is 0.282. The quantitative estimate of drug-likeness (QED) is 0.622. The summed E-state index contributed by atoms with van der Waals surface area (Å²) in [4.78, 5) is 38.5. The predicted molar refractivity (Wildman–Crippen MR) is 103 cm³/mol. The number of carbonyl (C=O) groups excluding carboxylic acids is 3. The number of fused-ring (bicyclic) bond motifs is 1. The van der Waals surface area contributed by atoms with Gasteiger partial charge in [-0.2, -0.15) is 0 Å². The van der Waals surface area contributed by atoms with Crippen molar-refractivity contribution in [3.63, 3.8) is 0 Å². The van der Waals surface area contributed by atoms with Crippen molar-refractivity contribution in [2.24, 2.45) is 0 Å². The molecule has 0 bridgehead atoms. The molecule has 0 saturated heterocycles. The van der Waals surface area contributed by atoms with Gasteiger partial charge in [-0.1, -0.05) is 6.07 Å². The van der Waals surface area contributed by atoms with Crippen molar-refractivity contribution in [1.29, 1.82) is 0 Å². The Morgan fingerprint density at radius 3 is 2.63 bits per heavy atom. The van der Waals surface area contributed by atoms with Gasteiger partial charge in [0.15, 0.2) is 0 Å². The highest BCUT2D eigenvalue weighted by molar-refractivity contribution is 7.16. The van der Waals surface area contributed by atoms with Crippen LogP contribution in [0.4, 0.5) is 10.7 Å². The molecule has 1 aromatic heterocycles. The minimum Gasteiger partial charge on any atom is -0.466 e. The Morgan fingerprint density at radius 1 is 1.26 bits per heavy atom. The Bertz CT molecular complexity index is 965. The monoisotopic (exact) mass is 388 g/mol. The van der Waals surface area contributed by atoms with Crippen LogP contribution in [0.15, 0.2) is 18.2 Å². The third-order valence-corrected chi connectivity index (χ3v) is 5.69. The number of amides is 2. The second-order valence-electron chi connectivity index (χ2n) is 6.52. The number of esters is 1. The van der Waals surface area contributed by atoms with E-state index in [4.69, 9.17) is 9.47 Å². The van der Waals surface area contributed by atoms with Crippen LogP contribution in [0.5, 0.6) is 5.75 Å². The first-order valence-electron chi connectivity index (χ1n) is 8.28. The molecular weight excluding hydrogens is 368 g/mol. The molecule has 2 N–H and O–H groups in total. The van der Waals surface area contributed by atoms with E-state index >= 15 is 0 Å². The van der Waals surface area contributed by atoms with Crippen molar-refractivity contribution in [2.45, 2.75) is 33.3 Å². The van der Waals surface area contributed by atoms with Gasteiger partial charge in [-0.05, 0) is 51.0 Å². The topological polar surface area (TPSA) is 93.7 Å². The first-order chi connectivity index (χ1) is 12.7. The fourth-order valence-corrected chi connectivity index (χ4v) is 3.82. The first-order valence-corrected chi connectivity index (χ1v) is 9.10. The Kier molecular flexibility index (Phi) is 4.69. The number of hydrogen-bond donors (Lipinski definition) is 2. The Morgan fingerprint density at radius 2 is 1.96 bits per heavy atom. The number of carbonyl (C=O) groups is 3. The Labute approximate surface area is 160 Å². The largest absolute Gasteiger partial charge is 0.466 e. The number of rotatable bonds is 3. The zero-order chi connectivity index (χ0) is 19.9. The van der Waals surface area contributed by atoms with Gasteiger partial charge in [0.05, 0.1) is 18.4 Å². The van der Waals surface area contributed by atoms with Gasteiger partial charge < -0.3 is 20.1 Å². The lowest BCUT2D eigenvalue weighted by molar-refractivity contribution is -0.143. The van der Waals surface area contributed by atoms with E-state index in [1.165, 1.54) is 25.4 Å². The van der Waals surface area contributed by atoms with E-state index in [2.05, 4.69) is 10.6 Å². The summed E-state index contributed by atoms with van der Waals surface area (Å²) in [5.74, 6) is -1.39.